The summed E-state index contributed by atoms with van der Waals surface area (Å²) in [6.07, 6.45) is 0.667. The Morgan fingerprint density at radius 1 is 1.08 bits per heavy atom. The van der Waals surface area contributed by atoms with Crippen molar-refractivity contribution in [3.05, 3.63) is 29.3 Å². The van der Waals surface area contributed by atoms with Crippen LogP contribution in [-0.4, -0.2) is 60.8 Å². The van der Waals surface area contributed by atoms with E-state index in [9.17, 15) is 23.1 Å². The Morgan fingerprint density at radius 3 is 2.35 bits per heavy atom. The molecule has 0 bridgehead atoms. The van der Waals surface area contributed by atoms with Gasteiger partial charge in [-0.15, -0.1) is 0 Å². The third kappa shape index (κ3) is 9.69. The van der Waals surface area contributed by atoms with Crippen molar-refractivity contribution >= 4 is 27.9 Å². The van der Waals surface area contributed by atoms with Gasteiger partial charge < -0.3 is 4.74 Å². The van der Waals surface area contributed by atoms with E-state index in [0.29, 0.717) is 23.9 Å². The number of ether oxygens (including phenoxy) is 1. The quantitative estimate of drug-likeness (QED) is 0.341. The number of amides is 1. The summed E-state index contributed by atoms with van der Waals surface area (Å²) in [6.45, 7) is 6.01. The molecular weight excluding hydrogens is 588 g/mol. The van der Waals surface area contributed by atoms with Crippen LogP contribution in [0.15, 0.2) is 18.2 Å². The van der Waals surface area contributed by atoms with Gasteiger partial charge in [-0.05, 0) is 12.8 Å². The van der Waals surface area contributed by atoms with Crippen LogP contribution in [0.3, 0.4) is 0 Å². The van der Waals surface area contributed by atoms with Crippen molar-refractivity contribution in [1.29, 1.82) is 0 Å². The molecule has 5 nitrogen and oxygen atoms in total. The topological polar surface area (TPSA) is 70.6 Å². The number of nitrogens with one attached hydrogen (secondary N) is 2. The molecule has 3 N–H and O–H groups in total. The molecule has 1 aromatic rings. The Kier molecular flexibility index (Phi) is 10.4. The van der Waals surface area contributed by atoms with Crippen LogP contribution in [0.2, 0.25) is 14.8 Å². The van der Waals surface area contributed by atoms with Gasteiger partial charge in [-0.1, -0.05) is 0 Å². The number of hydrogen-bond donors (Lipinski definition) is 3. The number of rotatable bonds is 9. The van der Waals surface area contributed by atoms with Crippen LogP contribution in [0.4, 0.5) is 13.2 Å². The molecule has 2 unspecified atom stereocenters. The molecule has 0 spiro atoms. The molecule has 3 rings (SSSR count). The van der Waals surface area contributed by atoms with E-state index < -0.39 is 35.7 Å². The molecule has 3 atom stereocenters. The number of aliphatic hydroxyl groups is 1. The van der Waals surface area contributed by atoms with Gasteiger partial charge in [-0.3, -0.25) is 0 Å². The number of carbonyl (C=O) groups excluding carboxylic acids is 1. The average Bonchev–Trinajstić information content (AvgIpc) is 2.80. The van der Waals surface area contributed by atoms with E-state index in [1.807, 2.05) is 6.07 Å². The van der Waals surface area contributed by atoms with E-state index in [0.717, 1.165) is 61.5 Å². The van der Waals surface area contributed by atoms with Gasteiger partial charge >= 0.3 is 194 Å². The van der Waals surface area contributed by atoms with Crippen molar-refractivity contribution in [2.45, 2.75) is 91.6 Å². The zero-order valence-corrected chi connectivity index (χ0v) is 25.9. The Balaban J connectivity index is 1.70. The Bertz CT molecular complexity index is 873. The number of halogens is 3. The van der Waals surface area contributed by atoms with Gasteiger partial charge in [0.1, 0.15) is 0 Å². The SMILES string of the molecule is CC(C)(O)CC1CCC(CNC2CCOCC2)C[C@H]1C(=O)NCc1cc(C(F)(F)F)c[c]([Sn]([CH3])([CH3])[CH3])c1. The molecule has 1 aromatic carbocycles. The minimum atomic E-state index is -4.42. The number of alkyl halides is 3. The van der Waals surface area contributed by atoms with Gasteiger partial charge in [0.2, 0.25) is 0 Å². The van der Waals surface area contributed by atoms with Crippen molar-refractivity contribution in [2.24, 2.45) is 17.8 Å². The summed E-state index contributed by atoms with van der Waals surface area (Å²) >= 11 is -2.78. The fourth-order valence-corrected chi connectivity index (χ4v) is 9.10. The van der Waals surface area contributed by atoms with Crippen molar-refractivity contribution in [3.63, 3.8) is 0 Å². The first kappa shape index (κ1) is 30.7. The molecule has 1 aliphatic carbocycles. The van der Waals surface area contributed by atoms with Crippen molar-refractivity contribution in [1.82, 2.24) is 10.6 Å². The maximum atomic E-state index is 13.6. The second-order valence-electron chi connectivity index (χ2n) is 12.7. The average molecular weight is 633 g/mol. The zero-order valence-electron chi connectivity index (χ0n) is 23.0. The number of benzene rings is 1. The first-order chi connectivity index (χ1) is 17.1. The van der Waals surface area contributed by atoms with E-state index in [-0.39, 0.29) is 24.3 Å². The van der Waals surface area contributed by atoms with Gasteiger partial charge in [0.15, 0.2) is 0 Å². The third-order valence-corrected chi connectivity index (χ3v) is 13.5. The number of hydrogen-bond acceptors (Lipinski definition) is 4. The Hall–Kier alpha value is -0.841. The Labute approximate surface area is 224 Å². The van der Waals surface area contributed by atoms with Gasteiger partial charge in [0, 0.05) is 13.2 Å². The van der Waals surface area contributed by atoms with Crippen LogP contribution in [0.5, 0.6) is 0 Å². The summed E-state index contributed by atoms with van der Waals surface area (Å²) in [5.74, 6) is 0.00549. The predicted molar refractivity (Wildman–Crippen MR) is 143 cm³/mol. The van der Waals surface area contributed by atoms with Crippen molar-refractivity contribution in [3.8, 4) is 0 Å². The van der Waals surface area contributed by atoms with Crippen LogP contribution in [0.1, 0.15) is 63.5 Å². The van der Waals surface area contributed by atoms with E-state index >= 15 is 0 Å². The number of carbonyl (C=O) groups is 1. The molecule has 9 heteroatoms. The van der Waals surface area contributed by atoms with E-state index in [4.69, 9.17) is 4.74 Å². The van der Waals surface area contributed by atoms with Crippen molar-refractivity contribution in [2.75, 3.05) is 19.8 Å². The summed E-state index contributed by atoms with van der Waals surface area (Å²) in [5.41, 5.74) is -1.03. The molecule has 1 saturated heterocycles. The van der Waals surface area contributed by atoms with Gasteiger partial charge in [0.25, 0.3) is 0 Å². The van der Waals surface area contributed by atoms with Crippen LogP contribution >= 0.6 is 0 Å². The molecule has 1 aliphatic heterocycles. The molecule has 1 heterocycles. The van der Waals surface area contributed by atoms with Crippen LogP contribution in [-0.2, 0) is 22.3 Å². The van der Waals surface area contributed by atoms with Crippen LogP contribution in [0, 0.1) is 17.8 Å². The Morgan fingerprint density at radius 2 is 1.76 bits per heavy atom. The van der Waals surface area contributed by atoms with Crippen molar-refractivity contribution < 1.29 is 27.8 Å². The summed E-state index contributed by atoms with van der Waals surface area (Å²) in [6, 6.07) is 4.75. The summed E-state index contributed by atoms with van der Waals surface area (Å²) in [7, 11) is 0. The minimum absolute atomic E-state index is 0.0437. The predicted octanol–water partition coefficient (Wildman–Crippen LogP) is 4.83. The maximum absolute atomic E-state index is 13.6. The van der Waals surface area contributed by atoms with Gasteiger partial charge in [-0.25, -0.2) is 0 Å². The first-order valence-electron chi connectivity index (χ1n) is 13.6. The molecule has 0 radical (unpaired) electrons. The second kappa shape index (κ2) is 12.6. The molecule has 37 heavy (non-hydrogen) atoms. The molecule has 1 amide bonds. The third-order valence-electron chi connectivity index (χ3n) is 7.77. The fraction of sp³-hybridized carbons (Fsp3) is 0.750. The van der Waals surface area contributed by atoms with Gasteiger partial charge in [0.05, 0.1) is 0 Å². The van der Waals surface area contributed by atoms with E-state index in [1.165, 1.54) is 6.07 Å². The molecule has 1 saturated carbocycles. The molecule has 210 valence electrons. The standard InChI is InChI=1S/C25H36F3N2O3.3CH3.Sn/c1-24(2,32)14-19-7-6-18(15-29-21-8-10-33-11-9-21)13-22(19)23(31)30-16-17-4-3-5-20(12-17)25(26,27)28;;;;/h4-5,12,18-19,21-22,29,32H,6-11,13-16H2,1-2H3,(H,30,31);3*1H3;/t18?,19?,22-;;;;/m1..../s1. The van der Waals surface area contributed by atoms with E-state index in [1.54, 1.807) is 13.8 Å². The summed E-state index contributed by atoms with van der Waals surface area (Å²) < 4.78 is 47.0. The summed E-state index contributed by atoms with van der Waals surface area (Å²) in [5, 5.41) is 17.1. The van der Waals surface area contributed by atoms with Gasteiger partial charge in [-0.2, -0.15) is 0 Å². The fourth-order valence-electron chi connectivity index (χ4n) is 5.66. The summed E-state index contributed by atoms with van der Waals surface area (Å²) in [4.78, 5) is 19.7. The van der Waals surface area contributed by atoms with Crippen LogP contribution in [0.25, 0.3) is 0 Å². The molecular formula is C28H45F3N2O3Sn. The van der Waals surface area contributed by atoms with Crippen LogP contribution < -0.4 is 14.2 Å². The van der Waals surface area contributed by atoms with E-state index in [2.05, 4.69) is 25.5 Å². The second-order valence-corrected chi connectivity index (χ2v) is 27.2. The molecule has 0 aromatic heterocycles. The normalized spacial score (nSPS) is 24.2. The molecule has 2 aliphatic rings. The zero-order chi connectivity index (χ0) is 27.4. The molecule has 2 fully saturated rings. The monoisotopic (exact) mass is 634 g/mol. The first-order valence-corrected chi connectivity index (χ1v) is 23.6.